The van der Waals surface area contributed by atoms with Gasteiger partial charge in [0.05, 0.1) is 6.20 Å². The van der Waals surface area contributed by atoms with Crippen molar-refractivity contribution in [3.05, 3.63) is 6.20 Å². The van der Waals surface area contributed by atoms with Crippen LogP contribution >= 0.6 is 11.8 Å². The summed E-state index contributed by atoms with van der Waals surface area (Å²) < 4.78 is 12.6. The first-order valence-corrected chi connectivity index (χ1v) is 31.9. The van der Waals surface area contributed by atoms with Gasteiger partial charge in [-0.2, -0.15) is 11.8 Å². The Morgan fingerprint density at radius 3 is 1.30 bits per heavy atom. The molecule has 1 fully saturated rings. The van der Waals surface area contributed by atoms with E-state index in [1.54, 1.807) is 0 Å². The first kappa shape index (κ1) is 69.3. The summed E-state index contributed by atoms with van der Waals surface area (Å²) >= 11 is 1.27. The molecule has 17 heteroatoms. The van der Waals surface area contributed by atoms with Gasteiger partial charge in [0.1, 0.15) is 55.3 Å². The fraction of sp³-hybridized carbons (Fsp3) is 0.898. The van der Waals surface area contributed by atoms with E-state index in [-0.39, 0.29) is 61.0 Å². The van der Waals surface area contributed by atoms with E-state index in [1.807, 2.05) is 0 Å². The minimum atomic E-state index is -1.79. The molecule has 1 aliphatic rings. The zero-order valence-electron chi connectivity index (χ0n) is 47.8. The van der Waals surface area contributed by atoms with Gasteiger partial charge in [0.15, 0.2) is 5.82 Å². The maximum atomic E-state index is 13.9. The van der Waals surface area contributed by atoms with Crippen molar-refractivity contribution in [3.8, 4) is 0 Å². The number of nitrogens with one attached hydrogen (secondary N) is 2. The molecular weight excluding hydrogens is 987 g/mol. The summed E-state index contributed by atoms with van der Waals surface area (Å²) in [5, 5.41) is 65.3. The lowest BCUT2D eigenvalue weighted by Gasteiger charge is -2.41. The Labute approximate surface area is 463 Å². The number of amides is 2. The van der Waals surface area contributed by atoms with Crippen LogP contribution in [0, 0.1) is 0 Å². The summed E-state index contributed by atoms with van der Waals surface area (Å²) in [6.45, 7) is 6.58. The lowest BCUT2D eigenvalue weighted by atomic mass is 9.83. The maximum Gasteiger partial charge on any atom is 0.306 e. The molecule has 0 aliphatic heterocycles. The molecular formula is C59H109N5O11S. The highest BCUT2D eigenvalue weighted by Gasteiger charge is 2.49. The number of carbonyl (C=O) groups excluding carboxylic acids is 4. The van der Waals surface area contributed by atoms with E-state index in [1.165, 1.54) is 172 Å². The van der Waals surface area contributed by atoms with E-state index >= 15 is 0 Å². The standard InChI is InChI=1S/C59H109N5O11S/c1-4-7-10-13-16-19-22-25-28-31-34-37-40-50(65)60-48(59(73)61-49-43-64(63-62-49)53-54(68)56(70)58(72)57(71)55(53)69)46-76-45-47(75-52(67)42-39-36-33-30-27-24-21-18-15-12-9-6-3)44-74-51(66)41-38-35-32-29-26-23-20-17-14-11-8-5-2/h43,47-48,53-58,68-72H,4-42,44-46H2,1-3H3,(H,60,65)(H,61,73)/t47-,48-,53-,54+,55+,56+,57-,58-/m1/s1. The van der Waals surface area contributed by atoms with E-state index in [2.05, 4.69) is 41.7 Å². The van der Waals surface area contributed by atoms with Crippen molar-refractivity contribution < 1.29 is 54.2 Å². The number of hydrogen-bond donors (Lipinski definition) is 7. The second-order valence-electron chi connectivity index (χ2n) is 21.9. The molecule has 76 heavy (non-hydrogen) atoms. The number of anilines is 1. The summed E-state index contributed by atoms with van der Waals surface area (Å²) in [6, 6.07) is -2.47. The minimum Gasteiger partial charge on any atom is -0.462 e. The first-order chi connectivity index (χ1) is 36.9. The van der Waals surface area contributed by atoms with Gasteiger partial charge in [-0.3, -0.25) is 19.2 Å². The van der Waals surface area contributed by atoms with Gasteiger partial charge >= 0.3 is 11.9 Å². The molecule has 1 aromatic rings. The van der Waals surface area contributed by atoms with Crippen molar-refractivity contribution in [1.29, 1.82) is 0 Å². The van der Waals surface area contributed by atoms with Gasteiger partial charge in [-0.25, -0.2) is 4.68 Å². The average molecular weight is 1100 g/mol. The Bertz CT molecular complexity index is 1590. The van der Waals surface area contributed by atoms with Gasteiger partial charge in [-0.05, 0) is 19.3 Å². The van der Waals surface area contributed by atoms with Crippen molar-refractivity contribution in [3.63, 3.8) is 0 Å². The van der Waals surface area contributed by atoms with Gasteiger partial charge in [-0.15, -0.1) is 5.10 Å². The zero-order chi connectivity index (χ0) is 55.4. The molecule has 0 aromatic carbocycles. The highest BCUT2D eigenvalue weighted by Crippen LogP contribution is 2.30. The van der Waals surface area contributed by atoms with Crippen molar-refractivity contribution in [1.82, 2.24) is 20.3 Å². The second kappa shape index (κ2) is 46.0. The van der Waals surface area contributed by atoms with Crippen LogP contribution in [0.15, 0.2) is 6.20 Å². The Morgan fingerprint density at radius 2 is 0.882 bits per heavy atom. The van der Waals surface area contributed by atoms with Crippen LogP contribution in [0.4, 0.5) is 5.82 Å². The molecule has 1 aromatic heterocycles. The molecule has 2 rings (SSSR count). The molecule has 0 radical (unpaired) electrons. The molecule has 0 unspecified atom stereocenters. The van der Waals surface area contributed by atoms with Crippen LogP contribution in [0.1, 0.15) is 277 Å². The molecule has 1 saturated carbocycles. The number of carbonyl (C=O) groups is 4. The smallest absolute Gasteiger partial charge is 0.306 e. The molecule has 0 spiro atoms. The highest BCUT2D eigenvalue weighted by molar-refractivity contribution is 7.99. The van der Waals surface area contributed by atoms with E-state index in [0.29, 0.717) is 12.8 Å². The van der Waals surface area contributed by atoms with Crippen LogP contribution in [0.25, 0.3) is 0 Å². The van der Waals surface area contributed by atoms with Crippen molar-refractivity contribution >= 4 is 41.3 Å². The third kappa shape index (κ3) is 32.9. The van der Waals surface area contributed by atoms with Crippen LogP contribution in [0.3, 0.4) is 0 Å². The molecule has 442 valence electrons. The Balaban J connectivity index is 2.02. The fourth-order valence-corrected chi connectivity index (χ4v) is 11.0. The predicted octanol–water partition coefficient (Wildman–Crippen LogP) is 11.5. The minimum absolute atomic E-state index is 0.0695. The van der Waals surface area contributed by atoms with Crippen LogP contribution in [0.2, 0.25) is 0 Å². The van der Waals surface area contributed by atoms with E-state index < -0.39 is 54.6 Å². The Kier molecular flexibility index (Phi) is 41.9. The number of aromatic nitrogens is 3. The quantitative estimate of drug-likeness (QED) is 0.0237. The summed E-state index contributed by atoms with van der Waals surface area (Å²) in [4.78, 5) is 53.5. The number of rotatable bonds is 50. The number of aliphatic hydroxyl groups is 5. The van der Waals surface area contributed by atoms with Crippen molar-refractivity contribution in [2.75, 3.05) is 23.4 Å². The fourth-order valence-electron chi connectivity index (χ4n) is 9.95. The normalized spacial score (nSPS) is 19.3. The number of unbranched alkanes of at least 4 members (excludes halogenated alkanes) is 33. The van der Waals surface area contributed by atoms with Gasteiger partial charge < -0.3 is 45.6 Å². The number of nitrogens with zero attached hydrogens (tertiary/aromatic N) is 3. The third-order valence-electron chi connectivity index (χ3n) is 14.9. The third-order valence-corrected chi connectivity index (χ3v) is 16.0. The maximum absolute atomic E-state index is 13.9. The molecule has 16 nitrogen and oxygen atoms in total. The number of aliphatic hydroxyl groups excluding tert-OH is 5. The molecule has 0 bridgehead atoms. The summed E-state index contributed by atoms with van der Waals surface area (Å²) in [5.41, 5.74) is 0. The number of hydrogen-bond acceptors (Lipinski definition) is 14. The summed E-state index contributed by atoms with van der Waals surface area (Å²) in [6.07, 6.45) is 34.6. The van der Waals surface area contributed by atoms with E-state index in [0.717, 1.165) is 68.9 Å². The Morgan fingerprint density at radius 1 is 0.513 bits per heavy atom. The van der Waals surface area contributed by atoms with E-state index in [4.69, 9.17) is 9.47 Å². The molecule has 1 heterocycles. The van der Waals surface area contributed by atoms with Gasteiger partial charge in [-0.1, -0.05) is 238 Å². The number of ether oxygens (including phenoxy) is 2. The van der Waals surface area contributed by atoms with Crippen LogP contribution < -0.4 is 10.6 Å². The summed E-state index contributed by atoms with van der Waals surface area (Å²) in [7, 11) is 0. The monoisotopic (exact) mass is 1100 g/mol. The van der Waals surface area contributed by atoms with Gasteiger partial charge in [0.2, 0.25) is 11.8 Å². The van der Waals surface area contributed by atoms with Crippen LogP contribution in [-0.2, 0) is 28.7 Å². The predicted molar refractivity (Wildman–Crippen MR) is 305 cm³/mol. The first-order valence-electron chi connectivity index (χ1n) is 30.8. The number of esters is 2. The topological polar surface area (TPSA) is 243 Å². The molecule has 2 amide bonds. The molecule has 8 atom stereocenters. The van der Waals surface area contributed by atoms with E-state index in [9.17, 15) is 44.7 Å². The molecule has 1 aliphatic carbocycles. The highest BCUT2D eigenvalue weighted by atomic mass is 32.2. The molecule has 0 saturated heterocycles. The van der Waals surface area contributed by atoms with Crippen LogP contribution in [-0.4, -0.2) is 125 Å². The lowest BCUT2D eigenvalue weighted by Crippen LogP contribution is -2.61. The summed E-state index contributed by atoms with van der Waals surface area (Å²) in [5.74, 6) is -1.47. The SMILES string of the molecule is CCCCCCCCCCCCCCC(=O)N[C@H](CSC[C@@H](COC(=O)CCCCCCCCCCCCCC)OC(=O)CCCCCCCCCCCCCC)C(=O)Nc1cn([C@@H]2[C@H](O)[C@H](O)[C@@H](O)[C@H](O)[C@H]2O)nn1. The molecule has 7 N–H and O–H groups in total. The number of thioether (sulfide) groups is 1. The van der Waals surface area contributed by atoms with Gasteiger partial charge in [0.25, 0.3) is 0 Å². The lowest BCUT2D eigenvalue weighted by molar-refractivity contribution is -0.200. The zero-order valence-corrected chi connectivity index (χ0v) is 48.6. The van der Waals surface area contributed by atoms with Crippen molar-refractivity contribution in [2.45, 2.75) is 320 Å². The largest absolute Gasteiger partial charge is 0.462 e. The Hall–Kier alpha value is -2.83. The average Bonchev–Trinajstić information content (AvgIpc) is 3.86. The van der Waals surface area contributed by atoms with Gasteiger partial charge in [0, 0.05) is 30.8 Å². The van der Waals surface area contributed by atoms with Crippen LogP contribution in [0.5, 0.6) is 0 Å². The second-order valence-corrected chi connectivity index (χ2v) is 23.0. The van der Waals surface area contributed by atoms with Crippen molar-refractivity contribution in [2.24, 2.45) is 0 Å².